The summed E-state index contributed by atoms with van der Waals surface area (Å²) < 4.78 is 13.5. The molecule has 1 unspecified atom stereocenters. The van der Waals surface area contributed by atoms with Crippen LogP contribution in [0.5, 0.6) is 11.5 Å². The maximum absolute atomic E-state index is 5.87. The number of fused-ring (bicyclic) bond motifs is 1. The van der Waals surface area contributed by atoms with E-state index in [1.807, 2.05) is 42.1 Å². The van der Waals surface area contributed by atoms with Crippen molar-refractivity contribution in [3.63, 3.8) is 0 Å². The van der Waals surface area contributed by atoms with Crippen molar-refractivity contribution in [2.75, 3.05) is 13.2 Å². The maximum Gasteiger partial charge on any atom is 0.161 e. The van der Waals surface area contributed by atoms with Crippen molar-refractivity contribution >= 4 is 0 Å². The van der Waals surface area contributed by atoms with Crippen LogP contribution in [0.3, 0.4) is 0 Å². The Morgan fingerprint density at radius 2 is 2.21 bits per heavy atom. The summed E-state index contributed by atoms with van der Waals surface area (Å²) in [6.45, 7) is 2.10. The Hall–Kier alpha value is -2.01. The van der Waals surface area contributed by atoms with Gasteiger partial charge in [0, 0.05) is 26.3 Å². The molecule has 0 saturated heterocycles. The molecule has 1 atom stereocenters. The van der Waals surface area contributed by atoms with Gasteiger partial charge in [0.2, 0.25) is 0 Å². The van der Waals surface area contributed by atoms with Crippen LogP contribution in [0, 0.1) is 0 Å². The van der Waals surface area contributed by atoms with Crippen LogP contribution in [-0.4, -0.2) is 28.8 Å². The zero-order chi connectivity index (χ0) is 13.1. The minimum atomic E-state index is 0.0446. The smallest absolute Gasteiger partial charge is 0.161 e. The van der Waals surface area contributed by atoms with Gasteiger partial charge in [-0.05, 0) is 12.1 Å². The molecule has 2 aromatic rings. The summed E-state index contributed by atoms with van der Waals surface area (Å²) in [5.74, 6) is 1.64. The van der Waals surface area contributed by atoms with Crippen LogP contribution in [0.1, 0.15) is 5.69 Å². The quantitative estimate of drug-likeness (QED) is 0.900. The number of nitrogens with one attached hydrogen (secondary N) is 1. The van der Waals surface area contributed by atoms with Crippen LogP contribution in [0.15, 0.2) is 36.8 Å². The first-order valence-corrected chi connectivity index (χ1v) is 6.37. The molecule has 1 aromatic carbocycles. The van der Waals surface area contributed by atoms with E-state index in [-0.39, 0.29) is 6.10 Å². The molecule has 0 radical (unpaired) electrons. The third kappa shape index (κ3) is 2.71. The van der Waals surface area contributed by atoms with Gasteiger partial charge in [0.05, 0.1) is 12.0 Å². The van der Waals surface area contributed by atoms with E-state index in [1.54, 1.807) is 6.33 Å². The average Bonchev–Trinajstić information content (AvgIpc) is 2.84. The second kappa shape index (κ2) is 5.32. The highest BCUT2D eigenvalue weighted by molar-refractivity contribution is 5.40. The van der Waals surface area contributed by atoms with Crippen molar-refractivity contribution in [3.05, 3.63) is 42.5 Å². The topological polar surface area (TPSA) is 48.3 Å². The molecule has 3 rings (SSSR count). The molecule has 0 spiro atoms. The standard InChI is InChI=1S/C14H17N3O2/c1-17-10-16-7-11(17)6-15-8-12-9-18-13-4-2-3-5-14(13)19-12/h2-5,7,10,12,15H,6,8-9H2,1H3. The lowest BCUT2D eigenvalue weighted by molar-refractivity contribution is 0.0901. The number of para-hydroxylation sites is 2. The molecule has 19 heavy (non-hydrogen) atoms. The molecule has 0 fully saturated rings. The van der Waals surface area contributed by atoms with E-state index in [0.717, 1.165) is 30.3 Å². The van der Waals surface area contributed by atoms with E-state index in [2.05, 4.69) is 10.3 Å². The van der Waals surface area contributed by atoms with Gasteiger partial charge in [0.25, 0.3) is 0 Å². The zero-order valence-electron chi connectivity index (χ0n) is 10.9. The van der Waals surface area contributed by atoms with Crippen molar-refractivity contribution in [2.45, 2.75) is 12.6 Å². The van der Waals surface area contributed by atoms with Crippen LogP contribution < -0.4 is 14.8 Å². The normalized spacial score (nSPS) is 17.4. The number of rotatable bonds is 4. The molecule has 1 aromatic heterocycles. The number of benzene rings is 1. The molecular weight excluding hydrogens is 242 g/mol. The Balaban J connectivity index is 1.51. The van der Waals surface area contributed by atoms with Crippen LogP contribution in [-0.2, 0) is 13.6 Å². The van der Waals surface area contributed by atoms with Crippen molar-refractivity contribution in [1.29, 1.82) is 0 Å². The number of imidazole rings is 1. The van der Waals surface area contributed by atoms with E-state index in [1.165, 1.54) is 0 Å². The largest absolute Gasteiger partial charge is 0.486 e. The Morgan fingerprint density at radius 3 is 3.00 bits per heavy atom. The fraction of sp³-hybridized carbons (Fsp3) is 0.357. The van der Waals surface area contributed by atoms with Gasteiger partial charge in [-0.3, -0.25) is 0 Å². The highest BCUT2D eigenvalue weighted by Crippen LogP contribution is 2.30. The number of hydrogen-bond donors (Lipinski definition) is 1. The number of aryl methyl sites for hydroxylation is 1. The predicted octanol–water partition coefficient (Wildman–Crippen LogP) is 1.35. The Bertz CT molecular complexity index is 553. The van der Waals surface area contributed by atoms with Gasteiger partial charge < -0.3 is 19.4 Å². The predicted molar refractivity (Wildman–Crippen MR) is 71.3 cm³/mol. The number of hydrogen-bond acceptors (Lipinski definition) is 4. The Morgan fingerprint density at radius 1 is 1.37 bits per heavy atom. The zero-order valence-corrected chi connectivity index (χ0v) is 10.9. The van der Waals surface area contributed by atoms with Gasteiger partial charge in [-0.25, -0.2) is 4.98 Å². The fourth-order valence-corrected chi connectivity index (χ4v) is 2.08. The molecule has 1 aliphatic heterocycles. The Kier molecular flexibility index (Phi) is 3.37. The summed E-state index contributed by atoms with van der Waals surface area (Å²) >= 11 is 0. The first kappa shape index (κ1) is 12.0. The summed E-state index contributed by atoms with van der Waals surface area (Å²) in [6.07, 6.45) is 3.71. The van der Waals surface area contributed by atoms with Crippen molar-refractivity contribution in [3.8, 4) is 11.5 Å². The van der Waals surface area contributed by atoms with E-state index in [9.17, 15) is 0 Å². The van der Waals surface area contributed by atoms with Crippen LogP contribution in [0.4, 0.5) is 0 Å². The first-order valence-electron chi connectivity index (χ1n) is 6.37. The second-order valence-corrected chi connectivity index (χ2v) is 4.62. The summed E-state index contributed by atoms with van der Waals surface area (Å²) in [5, 5.41) is 3.36. The van der Waals surface area contributed by atoms with Gasteiger partial charge in [-0.1, -0.05) is 12.1 Å². The fourth-order valence-electron chi connectivity index (χ4n) is 2.08. The summed E-state index contributed by atoms with van der Waals surface area (Å²) in [6, 6.07) is 7.76. The minimum Gasteiger partial charge on any atom is -0.486 e. The molecule has 0 bridgehead atoms. The van der Waals surface area contributed by atoms with E-state index in [0.29, 0.717) is 6.61 Å². The summed E-state index contributed by atoms with van der Waals surface area (Å²) in [4.78, 5) is 4.08. The lowest BCUT2D eigenvalue weighted by Gasteiger charge is -2.26. The SMILES string of the molecule is Cn1cncc1CNCC1COc2ccccc2O1. The molecule has 100 valence electrons. The molecule has 5 heteroatoms. The monoisotopic (exact) mass is 259 g/mol. The summed E-state index contributed by atoms with van der Waals surface area (Å²) in [5.41, 5.74) is 1.15. The molecule has 0 aliphatic carbocycles. The number of aromatic nitrogens is 2. The molecule has 0 amide bonds. The van der Waals surface area contributed by atoms with Crippen LogP contribution in [0.25, 0.3) is 0 Å². The van der Waals surface area contributed by atoms with Gasteiger partial charge in [0.15, 0.2) is 11.5 Å². The lowest BCUT2D eigenvalue weighted by atomic mass is 10.2. The van der Waals surface area contributed by atoms with Crippen molar-refractivity contribution in [2.24, 2.45) is 7.05 Å². The highest BCUT2D eigenvalue weighted by atomic mass is 16.6. The Labute approximate surface area is 112 Å². The molecular formula is C14H17N3O2. The van der Waals surface area contributed by atoms with Gasteiger partial charge >= 0.3 is 0 Å². The van der Waals surface area contributed by atoms with E-state index < -0.39 is 0 Å². The average molecular weight is 259 g/mol. The van der Waals surface area contributed by atoms with Gasteiger partial charge in [-0.2, -0.15) is 0 Å². The van der Waals surface area contributed by atoms with Crippen LogP contribution in [0.2, 0.25) is 0 Å². The van der Waals surface area contributed by atoms with Crippen molar-refractivity contribution < 1.29 is 9.47 Å². The minimum absolute atomic E-state index is 0.0446. The molecule has 2 heterocycles. The maximum atomic E-state index is 5.87. The first-order chi connectivity index (χ1) is 9.33. The molecule has 1 aliphatic rings. The van der Waals surface area contributed by atoms with Crippen LogP contribution >= 0.6 is 0 Å². The third-order valence-electron chi connectivity index (χ3n) is 3.16. The van der Waals surface area contributed by atoms with E-state index >= 15 is 0 Å². The summed E-state index contributed by atoms with van der Waals surface area (Å²) in [7, 11) is 1.99. The number of ether oxygens (including phenoxy) is 2. The van der Waals surface area contributed by atoms with Gasteiger partial charge in [-0.15, -0.1) is 0 Å². The highest BCUT2D eigenvalue weighted by Gasteiger charge is 2.19. The van der Waals surface area contributed by atoms with Gasteiger partial charge in [0.1, 0.15) is 12.7 Å². The molecule has 0 saturated carbocycles. The second-order valence-electron chi connectivity index (χ2n) is 4.62. The molecule has 5 nitrogen and oxygen atoms in total. The number of nitrogens with zero attached hydrogens (tertiary/aromatic N) is 2. The third-order valence-corrected chi connectivity index (χ3v) is 3.16. The van der Waals surface area contributed by atoms with Crippen molar-refractivity contribution in [1.82, 2.24) is 14.9 Å². The lowest BCUT2D eigenvalue weighted by Crippen LogP contribution is -2.38. The van der Waals surface area contributed by atoms with E-state index in [4.69, 9.17) is 9.47 Å². The molecule has 1 N–H and O–H groups in total.